The third kappa shape index (κ3) is 2.91. The highest BCUT2D eigenvalue weighted by Crippen LogP contribution is 2.39. The fourth-order valence-electron chi connectivity index (χ4n) is 4.35. The lowest BCUT2D eigenvalue weighted by Crippen LogP contribution is -2.60. The molecule has 1 unspecified atom stereocenters. The number of ether oxygens (including phenoxy) is 1. The van der Waals surface area contributed by atoms with Gasteiger partial charge in [-0.15, -0.1) is 0 Å². The summed E-state index contributed by atoms with van der Waals surface area (Å²) in [5.41, 5.74) is 1.71. The van der Waals surface area contributed by atoms with Crippen LogP contribution < -0.4 is 0 Å². The number of hydrogen-bond donors (Lipinski definition) is 0. The van der Waals surface area contributed by atoms with Gasteiger partial charge >= 0.3 is 0 Å². The number of rotatable bonds is 5. The number of carbonyl (C=O) groups is 1. The van der Waals surface area contributed by atoms with Gasteiger partial charge in [-0.05, 0) is 49.9 Å². The molecule has 0 N–H and O–H groups in total. The molecule has 4 heterocycles. The smallest absolute Gasteiger partial charge is 0.243 e. The Labute approximate surface area is 147 Å². The fraction of sp³-hybridized carbons (Fsp3) is 0.611. The zero-order valence-corrected chi connectivity index (χ0v) is 14.7. The van der Waals surface area contributed by atoms with E-state index in [2.05, 4.69) is 27.1 Å². The number of fused-ring (bicyclic) bond motifs is 1. The van der Waals surface area contributed by atoms with E-state index in [0.29, 0.717) is 13.2 Å². The van der Waals surface area contributed by atoms with E-state index in [1.54, 1.807) is 18.0 Å². The maximum atomic E-state index is 13.2. The van der Waals surface area contributed by atoms with Crippen molar-refractivity contribution < 1.29 is 9.53 Å². The lowest BCUT2D eigenvalue weighted by Gasteiger charge is -2.44. The highest BCUT2D eigenvalue weighted by atomic mass is 16.5. The van der Waals surface area contributed by atoms with Crippen molar-refractivity contribution >= 4 is 11.6 Å². The van der Waals surface area contributed by atoms with Crippen LogP contribution in [0, 0.1) is 0 Å². The van der Waals surface area contributed by atoms with Gasteiger partial charge in [-0.3, -0.25) is 9.69 Å². The van der Waals surface area contributed by atoms with Gasteiger partial charge in [-0.1, -0.05) is 0 Å². The third-order valence-corrected chi connectivity index (χ3v) is 5.61. The van der Waals surface area contributed by atoms with Crippen molar-refractivity contribution in [2.24, 2.45) is 0 Å². The van der Waals surface area contributed by atoms with Gasteiger partial charge in [-0.2, -0.15) is 5.10 Å². The Bertz CT molecular complexity index is 761. The molecule has 1 spiro atoms. The van der Waals surface area contributed by atoms with Crippen molar-refractivity contribution in [1.29, 1.82) is 0 Å². The Kier molecular flexibility index (Phi) is 4.43. The van der Waals surface area contributed by atoms with Gasteiger partial charge in [0.2, 0.25) is 5.91 Å². The summed E-state index contributed by atoms with van der Waals surface area (Å²) >= 11 is 0. The molecule has 2 aromatic heterocycles. The second-order valence-electron chi connectivity index (χ2n) is 7.04. The van der Waals surface area contributed by atoms with Crippen molar-refractivity contribution in [3.8, 4) is 0 Å². The predicted octanol–water partition coefficient (Wildman–Crippen LogP) is 1.33. The zero-order valence-electron chi connectivity index (χ0n) is 14.7. The zero-order chi connectivity index (χ0) is 17.3. The first-order valence-corrected chi connectivity index (χ1v) is 9.05. The summed E-state index contributed by atoms with van der Waals surface area (Å²) < 4.78 is 6.94. The van der Waals surface area contributed by atoms with Crippen LogP contribution in [0.25, 0.3) is 5.65 Å². The lowest BCUT2D eigenvalue weighted by atomic mass is 9.85. The molecule has 4 rings (SSSR count). The summed E-state index contributed by atoms with van der Waals surface area (Å²) in [5.74, 6) is 0.289. The average molecular weight is 343 g/mol. The monoisotopic (exact) mass is 343 g/mol. The van der Waals surface area contributed by atoms with Crippen molar-refractivity contribution in [3.63, 3.8) is 0 Å². The summed E-state index contributed by atoms with van der Waals surface area (Å²) in [7, 11) is 1.69. The molecular formula is C18H25N5O2. The van der Waals surface area contributed by atoms with E-state index in [0.717, 1.165) is 51.0 Å². The topological polar surface area (TPSA) is 63.0 Å². The van der Waals surface area contributed by atoms with Crippen molar-refractivity contribution in [2.75, 3.05) is 33.4 Å². The van der Waals surface area contributed by atoms with E-state index in [1.807, 2.05) is 11.1 Å². The molecule has 1 amide bonds. The van der Waals surface area contributed by atoms with Gasteiger partial charge < -0.3 is 9.64 Å². The molecule has 7 nitrogen and oxygen atoms in total. The van der Waals surface area contributed by atoms with Crippen LogP contribution in [0.1, 0.15) is 31.2 Å². The molecule has 2 saturated heterocycles. The third-order valence-electron chi connectivity index (χ3n) is 5.61. The van der Waals surface area contributed by atoms with E-state index < -0.39 is 0 Å². The standard InChI is InChI=1S/C18H25N5O2/c1-25-11-10-21-7-2-5-18(17(21)24)6-3-8-22(18)13-15-4-9-23-16(12-15)19-14-20-23/h4,9,12,14H,2-3,5-8,10-11,13H2,1H3. The molecule has 0 aliphatic carbocycles. The highest BCUT2D eigenvalue weighted by Gasteiger charge is 2.50. The summed E-state index contributed by atoms with van der Waals surface area (Å²) in [5, 5.41) is 4.14. The number of pyridine rings is 1. The number of likely N-dealkylation sites (tertiary alicyclic amines) is 2. The van der Waals surface area contributed by atoms with Gasteiger partial charge in [0.05, 0.1) is 6.61 Å². The van der Waals surface area contributed by atoms with E-state index >= 15 is 0 Å². The maximum Gasteiger partial charge on any atom is 0.243 e. The van der Waals surface area contributed by atoms with Crippen LogP contribution in [0.5, 0.6) is 0 Å². The number of carbonyl (C=O) groups excluding carboxylic acids is 1. The number of hydrogen-bond acceptors (Lipinski definition) is 5. The average Bonchev–Trinajstić information content (AvgIpc) is 3.24. The molecule has 2 aliphatic heterocycles. The van der Waals surface area contributed by atoms with Crippen molar-refractivity contribution in [3.05, 3.63) is 30.2 Å². The number of piperidine rings is 1. The Morgan fingerprint density at radius 3 is 2.96 bits per heavy atom. The van der Waals surface area contributed by atoms with Gasteiger partial charge in [0.1, 0.15) is 11.9 Å². The molecule has 1 atom stereocenters. The van der Waals surface area contributed by atoms with E-state index in [9.17, 15) is 4.79 Å². The number of methoxy groups -OCH3 is 1. The van der Waals surface area contributed by atoms with Gasteiger partial charge in [-0.25, -0.2) is 9.50 Å². The SMILES string of the molecule is COCCN1CCCC2(CCCN2Cc2ccn3ncnc3c2)C1=O. The normalized spacial score (nSPS) is 24.7. The van der Waals surface area contributed by atoms with Gasteiger partial charge in [0, 0.05) is 32.9 Å². The van der Waals surface area contributed by atoms with Crippen LogP contribution in [0.2, 0.25) is 0 Å². The molecule has 0 saturated carbocycles. The minimum absolute atomic E-state index is 0.289. The minimum Gasteiger partial charge on any atom is -0.383 e. The number of nitrogens with zero attached hydrogens (tertiary/aromatic N) is 5. The number of aromatic nitrogens is 3. The van der Waals surface area contributed by atoms with E-state index in [1.165, 1.54) is 5.56 Å². The molecule has 2 aromatic rings. The Morgan fingerprint density at radius 2 is 2.12 bits per heavy atom. The maximum absolute atomic E-state index is 13.2. The molecule has 0 bridgehead atoms. The Morgan fingerprint density at radius 1 is 1.28 bits per heavy atom. The molecule has 25 heavy (non-hydrogen) atoms. The van der Waals surface area contributed by atoms with E-state index in [-0.39, 0.29) is 11.4 Å². The molecule has 2 fully saturated rings. The summed E-state index contributed by atoms with van der Waals surface area (Å²) in [6, 6.07) is 4.14. The molecular weight excluding hydrogens is 318 g/mol. The quantitative estimate of drug-likeness (QED) is 0.820. The second kappa shape index (κ2) is 6.72. The van der Waals surface area contributed by atoms with Crippen molar-refractivity contribution in [2.45, 2.75) is 37.8 Å². The summed E-state index contributed by atoms with van der Waals surface area (Å²) in [6.07, 6.45) is 7.57. The molecule has 0 aromatic carbocycles. The molecule has 2 aliphatic rings. The minimum atomic E-state index is -0.328. The fourth-order valence-corrected chi connectivity index (χ4v) is 4.35. The summed E-state index contributed by atoms with van der Waals surface area (Å²) in [6.45, 7) is 3.90. The molecule has 7 heteroatoms. The van der Waals surface area contributed by atoms with Crippen LogP contribution >= 0.6 is 0 Å². The first-order valence-electron chi connectivity index (χ1n) is 9.05. The second-order valence-corrected chi connectivity index (χ2v) is 7.04. The predicted molar refractivity (Wildman–Crippen MR) is 93.1 cm³/mol. The van der Waals surface area contributed by atoms with Crippen LogP contribution in [0.3, 0.4) is 0 Å². The first-order chi connectivity index (χ1) is 12.2. The Balaban J connectivity index is 1.55. The summed E-state index contributed by atoms with van der Waals surface area (Å²) in [4.78, 5) is 21.9. The number of amides is 1. The van der Waals surface area contributed by atoms with Crippen LogP contribution in [0.4, 0.5) is 0 Å². The lowest BCUT2D eigenvalue weighted by molar-refractivity contribution is -0.148. The Hall–Kier alpha value is -1.99. The van der Waals surface area contributed by atoms with Crippen molar-refractivity contribution in [1.82, 2.24) is 24.4 Å². The van der Waals surface area contributed by atoms with Crippen LogP contribution in [0.15, 0.2) is 24.7 Å². The first kappa shape index (κ1) is 16.5. The largest absolute Gasteiger partial charge is 0.383 e. The molecule has 134 valence electrons. The van der Waals surface area contributed by atoms with E-state index in [4.69, 9.17) is 4.74 Å². The van der Waals surface area contributed by atoms with Gasteiger partial charge in [0.15, 0.2) is 5.65 Å². The molecule has 0 radical (unpaired) electrons. The van der Waals surface area contributed by atoms with Crippen LogP contribution in [-0.4, -0.2) is 69.2 Å². The van der Waals surface area contributed by atoms with Crippen LogP contribution in [-0.2, 0) is 16.1 Å². The van der Waals surface area contributed by atoms with Gasteiger partial charge in [0.25, 0.3) is 0 Å². The highest BCUT2D eigenvalue weighted by molar-refractivity contribution is 5.87.